The lowest BCUT2D eigenvalue weighted by Crippen LogP contribution is -2.22. The average Bonchev–Trinajstić information content (AvgIpc) is 2.06. The number of hydrogen-bond acceptors (Lipinski definition) is 1. The van der Waals surface area contributed by atoms with E-state index in [4.69, 9.17) is 0 Å². The maximum absolute atomic E-state index is 4.01. The van der Waals surface area contributed by atoms with Crippen molar-refractivity contribution in [3.8, 4) is 0 Å². The van der Waals surface area contributed by atoms with Crippen molar-refractivity contribution in [2.45, 2.75) is 33.6 Å². The summed E-state index contributed by atoms with van der Waals surface area (Å²) >= 11 is 0. The molecular formula is C11H21N. The Morgan fingerprint density at radius 1 is 1.42 bits per heavy atom. The number of unbranched alkanes of at least 4 members (excludes halogenated alkanes) is 1. The van der Waals surface area contributed by atoms with Gasteiger partial charge in [-0.3, -0.25) is 0 Å². The lowest BCUT2D eigenvalue weighted by Gasteiger charge is -2.22. The minimum absolute atomic E-state index is 1.06. The predicted molar refractivity (Wildman–Crippen MR) is 56.1 cm³/mol. The van der Waals surface area contributed by atoms with Gasteiger partial charge in [0.25, 0.3) is 0 Å². The molecule has 0 rings (SSSR count). The van der Waals surface area contributed by atoms with E-state index in [0.717, 1.165) is 18.8 Å². The number of likely N-dealkylation sites (N-methyl/N-ethyl adjacent to an activating group) is 1. The number of rotatable bonds is 6. The fraction of sp³-hybridized carbons (Fsp3) is 0.636. The van der Waals surface area contributed by atoms with Crippen molar-refractivity contribution < 1.29 is 0 Å². The molecule has 0 aromatic rings. The molecule has 0 bridgehead atoms. The Kier molecular flexibility index (Phi) is 6.54. The van der Waals surface area contributed by atoms with E-state index in [9.17, 15) is 0 Å². The molecule has 0 aromatic carbocycles. The van der Waals surface area contributed by atoms with Crippen molar-refractivity contribution >= 4 is 0 Å². The summed E-state index contributed by atoms with van der Waals surface area (Å²) in [5, 5.41) is 0. The lowest BCUT2D eigenvalue weighted by molar-refractivity contribution is 0.366. The zero-order valence-electron chi connectivity index (χ0n) is 8.64. The molecule has 0 saturated heterocycles. The molecule has 0 unspecified atom stereocenters. The highest BCUT2D eigenvalue weighted by atomic mass is 15.1. The highest BCUT2D eigenvalue weighted by Gasteiger charge is 1.99. The topological polar surface area (TPSA) is 3.24 Å². The maximum Gasteiger partial charge on any atom is 0.0289 e. The Hall–Kier alpha value is -0.720. The Morgan fingerprint density at radius 2 is 2.08 bits per heavy atom. The quantitative estimate of drug-likeness (QED) is 0.549. The van der Waals surface area contributed by atoms with Crippen molar-refractivity contribution in [3.63, 3.8) is 0 Å². The van der Waals surface area contributed by atoms with E-state index in [2.05, 4.69) is 31.4 Å². The van der Waals surface area contributed by atoms with Gasteiger partial charge in [-0.2, -0.15) is 0 Å². The lowest BCUT2D eigenvalue weighted by atomic mass is 10.3. The second-order valence-electron chi connectivity index (χ2n) is 2.92. The third-order valence-electron chi connectivity index (χ3n) is 1.93. The van der Waals surface area contributed by atoms with Gasteiger partial charge >= 0.3 is 0 Å². The van der Waals surface area contributed by atoms with E-state index in [0.29, 0.717) is 0 Å². The molecule has 0 radical (unpaired) electrons. The summed E-state index contributed by atoms with van der Waals surface area (Å²) in [5.41, 5.74) is 1.13. The fourth-order valence-electron chi connectivity index (χ4n) is 1.15. The van der Waals surface area contributed by atoms with E-state index in [1.165, 1.54) is 12.8 Å². The Morgan fingerprint density at radius 3 is 2.50 bits per heavy atom. The highest BCUT2D eigenvalue weighted by Crippen LogP contribution is 2.04. The molecule has 0 aliphatic carbocycles. The molecule has 0 amide bonds. The Labute approximate surface area is 76.8 Å². The van der Waals surface area contributed by atoms with Crippen LogP contribution in [0, 0.1) is 0 Å². The first-order chi connectivity index (χ1) is 5.76. The molecule has 0 saturated carbocycles. The van der Waals surface area contributed by atoms with Crippen LogP contribution in [0.15, 0.2) is 24.4 Å². The molecule has 1 nitrogen and oxygen atoms in total. The minimum Gasteiger partial charge on any atom is -0.372 e. The second-order valence-corrected chi connectivity index (χ2v) is 2.92. The van der Waals surface area contributed by atoms with Crippen LogP contribution in [0.3, 0.4) is 0 Å². The third-order valence-corrected chi connectivity index (χ3v) is 1.93. The van der Waals surface area contributed by atoms with Gasteiger partial charge in [0.1, 0.15) is 0 Å². The minimum atomic E-state index is 1.06. The van der Waals surface area contributed by atoms with E-state index in [1.807, 2.05) is 13.0 Å². The summed E-state index contributed by atoms with van der Waals surface area (Å²) in [4.78, 5) is 2.31. The van der Waals surface area contributed by atoms with Crippen molar-refractivity contribution in [1.82, 2.24) is 4.90 Å². The van der Waals surface area contributed by atoms with Crippen LogP contribution in [0.25, 0.3) is 0 Å². The van der Waals surface area contributed by atoms with Gasteiger partial charge in [-0.05, 0) is 26.3 Å². The molecule has 0 fully saturated rings. The third kappa shape index (κ3) is 4.22. The van der Waals surface area contributed by atoms with Gasteiger partial charge in [0.15, 0.2) is 0 Å². The molecule has 1 heteroatoms. The smallest absolute Gasteiger partial charge is 0.0289 e. The fourth-order valence-corrected chi connectivity index (χ4v) is 1.15. The SMILES string of the molecule is C=C(/C=C\C)N(CC)CCCC. The molecule has 0 aliphatic rings. The summed E-state index contributed by atoms with van der Waals surface area (Å²) in [6.07, 6.45) is 6.61. The number of allylic oxidation sites excluding steroid dienone is 2. The van der Waals surface area contributed by atoms with E-state index < -0.39 is 0 Å². The van der Waals surface area contributed by atoms with Crippen LogP contribution in [0.5, 0.6) is 0 Å². The van der Waals surface area contributed by atoms with Crippen LogP contribution in [0.4, 0.5) is 0 Å². The summed E-state index contributed by atoms with van der Waals surface area (Å²) < 4.78 is 0. The maximum atomic E-state index is 4.01. The van der Waals surface area contributed by atoms with Crippen molar-refractivity contribution in [3.05, 3.63) is 24.4 Å². The first-order valence-corrected chi connectivity index (χ1v) is 4.82. The number of hydrogen-bond donors (Lipinski definition) is 0. The van der Waals surface area contributed by atoms with Crippen LogP contribution in [-0.4, -0.2) is 18.0 Å². The molecule has 0 spiro atoms. The zero-order valence-corrected chi connectivity index (χ0v) is 8.64. The molecule has 0 atom stereocenters. The first-order valence-electron chi connectivity index (χ1n) is 4.82. The normalized spacial score (nSPS) is 10.6. The zero-order chi connectivity index (χ0) is 9.40. The molecule has 70 valence electrons. The van der Waals surface area contributed by atoms with E-state index in [1.54, 1.807) is 0 Å². The second kappa shape index (κ2) is 6.96. The van der Waals surface area contributed by atoms with Crippen LogP contribution < -0.4 is 0 Å². The van der Waals surface area contributed by atoms with Gasteiger partial charge in [-0.15, -0.1) is 0 Å². The highest BCUT2D eigenvalue weighted by molar-refractivity contribution is 5.12. The molecular weight excluding hydrogens is 146 g/mol. The summed E-state index contributed by atoms with van der Waals surface area (Å²) in [7, 11) is 0. The van der Waals surface area contributed by atoms with Gasteiger partial charge in [0, 0.05) is 18.8 Å². The Bertz CT molecular complexity index is 147. The van der Waals surface area contributed by atoms with Crippen molar-refractivity contribution in [2.75, 3.05) is 13.1 Å². The van der Waals surface area contributed by atoms with Gasteiger partial charge in [-0.1, -0.05) is 26.0 Å². The predicted octanol–water partition coefficient (Wildman–Crippen LogP) is 3.20. The summed E-state index contributed by atoms with van der Waals surface area (Å²) in [5.74, 6) is 0. The average molecular weight is 167 g/mol. The number of nitrogens with zero attached hydrogens (tertiary/aromatic N) is 1. The van der Waals surface area contributed by atoms with E-state index in [-0.39, 0.29) is 0 Å². The van der Waals surface area contributed by atoms with Gasteiger partial charge in [-0.25, -0.2) is 0 Å². The molecule has 0 N–H and O–H groups in total. The van der Waals surface area contributed by atoms with Crippen molar-refractivity contribution in [1.29, 1.82) is 0 Å². The van der Waals surface area contributed by atoms with Gasteiger partial charge < -0.3 is 4.90 Å². The molecule has 12 heavy (non-hydrogen) atoms. The van der Waals surface area contributed by atoms with Crippen LogP contribution in [-0.2, 0) is 0 Å². The van der Waals surface area contributed by atoms with Gasteiger partial charge in [0.2, 0.25) is 0 Å². The summed E-state index contributed by atoms with van der Waals surface area (Å²) in [6.45, 7) is 12.6. The Balaban J connectivity index is 3.87. The standard InChI is InChI=1S/C11H21N/c1-5-8-10-12(7-3)11(4)9-6-2/h6,9H,4-5,7-8,10H2,1-3H3/b9-6-. The van der Waals surface area contributed by atoms with Crippen LogP contribution in [0.1, 0.15) is 33.6 Å². The van der Waals surface area contributed by atoms with Crippen molar-refractivity contribution in [2.24, 2.45) is 0 Å². The van der Waals surface area contributed by atoms with Crippen LogP contribution >= 0.6 is 0 Å². The van der Waals surface area contributed by atoms with Gasteiger partial charge in [0.05, 0.1) is 0 Å². The first kappa shape index (κ1) is 11.3. The monoisotopic (exact) mass is 167 g/mol. The summed E-state index contributed by atoms with van der Waals surface area (Å²) in [6, 6.07) is 0. The van der Waals surface area contributed by atoms with E-state index >= 15 is 0 Å². The molecule has 0 heterocycles. The molecule has 0 aliphatic heterocycles. The largest absolute Gasteiger partial charge is 0.372 e. The molecule has 0 aromatic heterocycles. The van der Waals surface area contributed by atoms with Crippen LogP contribution in [0.2, 0.25) is 0 Å².